The van der Waals surface area contributed by atoms with Gasteiger partial charge in [0.25, 0.3) is 0 Å². The number of amides is 1. The van der Waals surface area contributed by atoms with Crippen molar-refractivity contribution in [3.8, 4) is 11.1 Å². The summed E-state index contributed by atoms with van der Waals surface area (Å²) in [7, 11) is 0. The van der Waals surface area contributed by atoms with E-state index in [0.29, 0.717) is 31.3 Å². The highest BCUT2D eigenvalue weighted by molar-refractivity contribution is 5.68. The highest BCUT2D eigenvalue weighted by Gasteiger charge is 2.15. The lowest BCUT2D eigenvalue weighted by atomic mass is 10.1. The molecule has 33 heavy (non-hydrogen) atoms. The number of alkyl carbamates (subject to hydrolysis) is 1. The van der Waals surface area contributed by atoms with Gasteiger partial charge in [-0.05, 0) is 56.2 Å². The van der Waals surface area contributed by atoms with Gasteiger partial charge in [0.1, 0.15) is 17.2 Å². The fourth-order valence-corrected chi connectivity index (χ4v) is 2.94. The second-order valence-electron chi connectivity index (χ2n) is 8.41. The van der Waals surface area contributed by atoms with Gasteiger partial charge >= 0.3 is 6.09 Å². The van der Waals surface area contributed by atoms with Crippen LogP contribution in [0, 0.1) is 0 Å². The molecule has 2 aromatic heterocycles. The Morgan fingerprint density at radius 2 is 1.82 bits per heavy atom. The number of aliphatic hydroxyl groups is 1. The lowest BCUT2D eigenvalue weighted by molar-refractivity contribution is 0.0528. The van der Waals surface area contributed by atoms with Crippen molar-refractivity contribution < 1.29 is 14.6 Å². The minimum absolute atomic E-state index is 0.0121. The van der Waals surface area contributed by atoms with E-state index in [0.717, 1.165) is 22.4 Å². The average Bonchev–Trinajstić information content (AvgIpc) is 2.78. The molecule has 0 saturated carbocycles. The zero-order valence-corrected chi connectivity index (χ0v) is 19.1. The van der Waals surface area contributed by atoms with Gasteiger partial charge in [0.15, 0.2) is 0 Å². The quantitative estimate of drug-likeness (QED) is 0.366. The number of ether oxygens (including phenoxy) is 1. The van der Waals surface area contributed by atoms with E-state index in [2.05, 4.69) is 30.9 Å². The molecular weight excluding hydrogens is 420 g/mol. The first-order valence-corrected chi connectivity index (χ1v) is 10.7. The Hall–Kier alpha value is -3.56. The molecule has 1 amide bonds. The van der Waals surface area contributed by atoms with E-state index in [1.807, 2.05) is 57.2 Å². The largest absolute Gasteiger partial charge is 0.444 e. The zero-order valence-electron chi connectivity index (χ0n) is 19.1. The van der Waals surface area contributed by atoms with E-state index >= 15 is 0 Å². The van der Waals surface area contributed by atoms with Crippen LogP contribution in [0.1, 0.15) is 32.2 Å². The summed E-state index contributed by atoms with van der Waals surface area (Å²) in [6.45, 7) is 6.97. The standard InChI is InChI=1S/C24H30N6O3/c1-24(2,3)33-23(32)27-10-9-25-15-22-28-13-19(14-29-22)18-7-8-26-21(12-18)30-20-6-4-5-17(11-20)16-31/h4-8,11-14,25,31H,9-10,15-16H2,1-3H3,(H,26,30)(H,27,32). The molecule has 0 saturated heterocycles. The van der Waals surface area contributed by atoms with E-state index in [1.54, 1.807) is 18.6 Å². The molecule has 4 N–H and O–H groups in total. The number of carbonyl (C=O) groups is 1. The van der Waals surface area contributed by atoms with Crippen molar-refractivity contribution in [2.45, 2.75) is 39.5 Å². The fourth-order valence-electron chi connectivity index (χ4n) is 2.94. The Bertz CT molecular complexity index is 1050. The third-order valence-electron chi connectivity index (χ3n) is 4.43. The lowest BCUT2D eigenvalue weighted by Crippen LogP contribution is -2.36. The third-order valence-corrected chi connectivity index (χ3v) is 4.43. The topological polar surface area (TPSA) is 121 Å². The number of pyridine rings is 1. The van der Waals surface area contributed by atoms with Crippen LogP contribution in [-0.2, 0) is 17.9 Å². The summed E-state index contributed by atoms with van der Waals surface area (Å²) in [5.74, 6) is 1.34. The highest BCUT2D eigenvalue weighted by Crippen LogP contribution is 2.22. The van der Waals surface area contributed by atoms with E-state index in [4.69, 9.17) is 4.74 Å². The van der Waals surface area contributed by atoms with Crippen molar-refractivity contribution in [3.63, 3.8) is 0 Å². The molecule has 0 aliphatic heterocycles. The second kappa shape index (κ2) is 11.3. The fraction of sp³-hybridized carbons (Fsp3) is 0.333. The molecule has 9 nitrogen and oxygen atoms in total. The molecule has 0 spiro atoms. The zero-order chi connectivity index (χ0) is 23.7. The van der Waals surface area contributed by atoms with E-state index in [1.165, 1.54) is 0 Å². The number of nitrogens with zero attached hydrogens (tertiary/aromatic N) is 3. The third kappa shape index (κ3) is 8.13. The van der Waals surface area contributed by atoms with Crippen molar-refractivity contribution in [1.82, 2.24) is 25.6 Å². The van der Waals surface area contributed by atoms with Crippen molar-refractivity contribution in [2.24, 2.45) is 0 Å². The molecule has 1 aromatic carbocycles. The summed E-state index contributed by atoms with van der Waals surface area (Å²) in [6.07, 6.45) is 4.83. The molecule has 0 atom stereocenters. The maximum atomic E-state index is 11.6. The number of aromatic nitrogens is 3. The minimum Gasteiger partial charge on any atom is -0.444 e. The van der Waals surface area contributed by atoms with Crippen LogP contribution in [0.2, 0.25) is 0 Å². The van der Waals surface area contributed by atoms with E-state index in [-0.39, 0.29) is 6.61 Å². The molecule has 3 rings (SSSR count). The molecule has 9 heteroatoms. The van der Waals surface area contributed by atoms with Crippen LogP contribution in [0.25, 0.3) is 11.1 Å². The van der Waals surface area contributed by atoms with Crippen LogP contribution < -0.4 is 16.0 Å². The van der Waals surface area contributed by atoms with Gasteiger partial charge in [-0.25, -0.2) is 19.7 Å². The monoisotopic (exact) mass is 450 g/mol. The van der Waals surface area contributed by atoms with Gasteiger partial charge in [-0.2, -0.15) is 0 Å². The van der Waals surface area contributed by atoms with Crippen LogP contribution in [0.15, 0.2) is 55.0 Å². The Morgan fingerprint density at radius 1 is 1.03 bits per heavy atom. The molecule has 2 heterocycles. The van der Waals surface area contributed by atoms with Crippen LogP contribution in [0.4, 0.5) is 16.3 Å². The van der Waals surface area contributed by atoms with Crippen molar-refractivity contribution in [1.29, 1.82) is 0 Å². The maximum Gasteiger partial charge on any atom is 0.407 e. The number of rotatable bonds is 9. The van der Waals surface area contributed by atoms with Crippen LogP contribution >= 0.6 is 0 Å². The maximum absolute atomic E-state index is 11.6. The van der Waals surface area contributed by atoms with Gasteiger partial charge in [-0.1, -0.05) is 12.1 Å². The Balaban J connectivity index is 1.49. The summed E-state index contributed by atoms with van der Waals surface area (Å²) in [4.78, 5) is 24.8. The van der Waals surface area contributed by atoms with Gasteiger partial charge in [-0.3, -0.25) is 0 Å². The summed E-state index contributed by atoms with van der Waals surface area (Å²) >= 11 is 0. The van der Waals surface area contributed by atoms with Gasteiger partial charge in [-0.15, -0.1) is 0 Å². The van der Waals surface area contributed by atoms with E-state index < -0.39 is 11.7 Å². The normalized spacial score (nSPS) is 11.2. The molecule has 0 bridgehead atoms. The average molecular weight is 451 g/mol. The SMILES string of the molecule is CC(C)(C)OC(=O)NCCNCc1ncc(-c2ccnc(Nc3cccc(CO)c3)c2)cn1. The number of anilines is 2. The van der Waals surface area contributed by atoms with Gasteiger partial charge in [0, 0.05) is 42.9 Å². The predicted octanol–water partition coefficient (Wildman–Crippen LogP) is 3.39. The number of hydrogen-bond donors (Lipinski definition) is 4. The summed E-state index contributed by atoms with van der Waals surface area (Å²) in [5.41, 5.74) is 2.98. The number of nitrogens with one attached hydrogen (secondary N) is 3. The number of hydrogen-bond acceptors (Lipinski definition) is 8. The lowest BCUT2D eigenvalue weighted by Gasteiger charge is -2.19. The molecule has 0 aliphatic carbocycles. The molecule has 0 radical (unpaired) electrons. The second-order valence-corrected chi connectivity index (χ2v) is 8.41. The van der Waals surface area contributed by atoms with Crippen LogP contribution in [0.3, 0.4) is 0 Å². The van der Waals surface area contributed by atoms with Gasteiger partial charge in [0.05, 0.1) is 13.2 Å². The Morgan fingerprint density at radius 3 is 2.55 bits per heavy atom. The van der Waals surface area contributed by atoms with Crippen molar-refractivity contribution in [2.75, 3.05) is 18.4 Å². The van der Waals surface area contributed by atoms with Crippen molar-refractivity contribution in [3.05, 3.63) is 66.4 Å². The summed E-state index contributed by atoms with van der Waals surface area (Å²) < 4.78 is 5.19. The number of benzene rings is 1. The molecule has 0 aliphatic rings. The Kier molecular flexibility index (Phi) is 8.28. The molecule has 3 aromatic rings. The first kappa shape index (κ1) is 24.1. The molecule has 0 unspecified atom stereocenters. The molecule has 174 valence electrons. The first-order chi connectivity index (χ1) is 15.8. The predicted molar refractivity (Wildman–Crippen MR) is 127 cm³/mol. The van der Waals surface area contributed by atoms with Gasteiger partial charge < -0.3 is 25.8 Å². The van der Waals surface area contributed by atoms with Crippen LogP contribution in [0.5, 0.6) is 0 Å². The van der Waals surface area contributed by atoms with Crippen molar-refractivity contribution >= 4 is 17.6 Å². The minimum atomic E-state index is -0.510. The first-order valence-electron chi connectivity index (χ1n) is 10.7. The summed E-state index contributed by atoms with van der Waals surface area (Å²) in [6, 6.07) is 11.4. The summed E-state index contributed by atoms with van der Waals surface area (Å²) in [5, 5.41) is 18.4. The smallest absolute Gasteiger partial charge is 0.407 e. The van der Waals surface area contributed by atoms with Gasteiger partial charge in [0.2, 0.25) is 0 Å². The molecule has 0 fully saturated rings. The number of carbonyl (C=O) groups excluding carboxylic acids is 1. The molecular formula is C24H30N6O3. The van der Waals surface area contributed by atoms with Crippen LogP contribution in [-0.4, -0.2) is 44.8 Å². The highest BCUT2D eigenvalue weighted by atomic mass is 16.6. The number of aliphatic hydroxyl groups excluding tert-OH is 1. The van der Waals surface area contributed by atoms with E-state index in [9.17, 15) is 9.90 Å². The Labute approximate surface area is 193 Å².